The van der Waals surface area contributed by atoms with Gasteiger partial charge in [0, 0.05) is 20.3 Å². The highest BCUT2D eigenvalue weighted by atomic mass is 16.5. The Kier molecular flexibility index (Phi) is 3.92. The van der Waals surface area contributed by atoms with Crippen molar-refractivity contribution in [2.24, 2.45) is 0 Å². The second-order valence-electron chi connectivity index (χ2n) is 3.08. The van der Waals surface area contributed by atoms with E-state index in [-0.39, 0.29) is 11.9 Å². The van der Waals surface area contributed by atoms with Gasteiger partial charge in [0.05, 0.1) is 0 Å². The molecule has 1 rings (SSSR count). The highest BCUT2D eigenvalue weighted by Crippen LogP contribution is 2.06. The SMILES string of the molecule is CC(=O)O[C@@H]1C#C[C@@H](OC(C)=O)CC=C1. The van der Waals surface area contributed by atoms with E-state index in [9.17, 15) is 9.59 Å². The van der Waals surface area contributed by atoms with Gasteiger partial charge in [-0.2, -0.15) is 0 Å². The molecule has 0 amide bonds. The standard InChI is InChI=1S/C11H12O4/c1-8(12)14-10-4-3-5-11(7-6-10)15-9(2)13/h3-4,10-11H,5H2,1-2H3/t10-,11-/m0/s1. The van der Waals surface area contributed by atoms with Gasteiger partial charge in [-0.15, -0.1) is 0 Å². The van der Waals surface area contributed by atoms with Crippen molar-refractivity contribution in [2.45, 2.75) is 32.5 Å². The van der Waals surface area contributed by atoms with Gasteiger partial charge < -0.3 is 9.47 Å². The van der Waals surface area contributed by atoms with E-state index in [4.69, 9.17) is 9.47 Å². The Morgan fingerprint density at radius 3 is 2.47 bits per heavy atom. The molecule has 1 aliphatic carbocycles. The van der Waals surface area contributed by atoms with Gasteiger partial charge in [-0.1, -0.05) is 17.9 Å². The topological polar surface area (TPSA) is 52.6 Å². The first-order valence-corrected chi connectivity index (χ1v) is 4.60. The molecule has 0 bridgehead atoms. The van der Waals surface area contributed by atoms with Gasteiger partial charge in [0.1, 0.15) is 0 Å². The average Bonchev–Trinajstić information content (AvgIpc) is 2.29. The molecule has 0 fully saturated rings. The summed E-state index contributed by atoms with van der Waals surface area (Å²) in [5.74, 6) is 4.70. The van der Waals surface area contributed by atoms with Crippen LogP contribution in [-0.2, 0) is 19.1 Å². The molecule has 1 aliphatic rings. The van der Waals surface area contributed by atoms with Crippen molar-refractivity contribution in [3.05, 3.63) is 12.2 Å². The predicted octanol–water partition coefficient (Wildman–Crippen LogP) is 0.813. The van der Waals surface area contributed by atoms with Crippen molar-refractivity contribution in [3.8, 4) is 11.8 Å². The fourth-order valence-corrected chi connectivity index (χ4v) is 1.13. The van der Waals surface area contributed by atoms with E-state index in [1.807, 2.05) is 0 Å². The molecule has 0 N–H and O–H groups in total. The van der Waals surface area contributed by atoms with Crippen LogP contribution in [0.15, 0.2) is 12.2 Å². The Labute approximate surface area is 88.2 Å². The third kappa shape index (κ3) is 4.32. The van der Waals surface area contributed by atoms with E-state index in [0.717, 1.165) is 0 Å². The molecule has 80 valence electrons. The van der Waals surface area contributed by atoms with E-state index < -0.39 is 12.2 Å². The van der Waals surface area contributed by atoms with E-state index in [1.165, 1.54) is 13.8 Å². The fraction of sp³-hybridized carbons (Fsp3) is 0.455. The number of carbonyl (C=O) groups excluding carboxylic acids is 2. The quantitative estimate of drug-likeness (QED) is 0.383. The summed E-state index contributed by atoms with van der Waals surface area (Å²) >= 11 is 0. The molecule has 2 atom stereocenters. The number of esters is 2. The first kappa shape index (κ1) is 11.3. The maximum absolute atomic E-state index is 10.7. The van der Waals surface area contributed by atoms with E-state index >= 15 is 0 Å². The van der Waals surface area contributed by atoms with Crippen LogP contribution in [0.2, 0.25) is 0 Å². The van der Waals surface area contributed by atoms with Gasteiger partial charge in [-0.25, -0.2) is 0 Å². The van der Waals surface area contributed by atoms with Gasteiger partial charge >= 0.3 is 11.9 Å². The van der Waals surface area contributed by atoms with Crippen molar-refractivity contribution in [1.82, 2.24) is 0 Å². The maximum atomic E-state index is 10.7. The second kappa shape index (κ2) is 5.20. The van der Waals surface area contributed by atoms with Gasteiger partial charge in [0.2, 0.25) is 0 Å². The summed E-state index contributed by atoms with van der Waals surface area (Å²) in [6.07, 6.45) is 2.98. The molecule has 0 aromatic rings. The Morgan fingerprint density at radius 2 is 1.87 bits per heavy atom. The molecule has 0 radical (unpaired) electrons. The summed E-state index contributed by atoms with van der Waals surface area (Å²) in [6.45, 7) is 2.66. The van der Waals surface area contributed by atoms with Crippen LogP contribution in [0, 0.1) is 11.8 Å². The fourth-order valence-electron chi connectivity index (χ4n) is 1.13. The number of hydrogen-bond acceptors (Lipinski definition) is 4. The van der Waals surface area contributed by atoms with Gasteiger partial charge in [0.15, 0.2) is 12.2 Å². The van der Waals surface area contributed by atoms with Gasteiger partial charge in [-0.3, -0.25) is 9.59 Å². The molecule has 4 nitrogen and oxygen atoms in total. The van der Waals surface area contributed by atoms with Crippen molar-refractivity contribution in [2.75, 3.05) is 0 Å². The molecule has 15 heavy (non-hydrogen) atoms. The van der Waals surface area contributed by atoms with E-state index in [2.05, 4.69) is 11.8 Å². The normalized spacial score (nSPS) is 23.3. The first-order valence-electron chi connectivity index (χ1n) is 4.60. The molecular formula is C11H12O4. The minimum absolute atomic E-state index is 0.367. The van der Waals surface area contributed by atoms with E-state index in [0.29, 0.717) is 6.42 Å². The van der Waals surface area contributed by atoms with Crippen LogP contribution in [0.1, 0.15) is 20.3 Å². The molecule has 0 aliphatic heterocycles. The lowest BCUT2D eigenvalue weighted by Gasteiger charge is -2.06. The number of carbonyl (C=O) groups is 2. The Hall–Kier alpha value is -1.76. The van der Waals surface area contributed by atoms with Crippen molar-refractivity contribution in [1.29, 1.82) is 0 Å². The van der Waals surface area contributed by atoms with Crippen molar-refractivity contribution in [3.63, 3.8) is 0 Å². The summed E-state index contributed by atoms with van der Waals surface area (Å²) in [4.78, 5) is 21.4. The molecular weight excluding hydrogens is 196 g/mol. The highest BCUT2D eigenvalue weighted by Gasteiger charge is 2.12. The zero-order chi connectivity index (χ0) is 11.3. The number of rotatable bonds is 2. The molecule has 0 saturated heterocycles. The van der Waals surface area contributed by atoms with Crippen LogP contribution in [0.3, 0.4) is 0 Å². The van der Waals surface area contributed by atoms with Crippen LogP contribution >= 0.6 is 0 Å². The lowest BCUT2D eigenvalue weighted by atomic mass is 10.2. The van der Waals surface area contributed by atoms with Crippen LogP contribution < -0.4 is 0 Å². The third-order valence-electron chi connectivity index (χ3n) is 1.65. The third-order valence-corrected chi connectivity index (χ3v) is 1.65. The van der Waals surface area contributed by atoms with E-state index in [1.54, 1.807) is 12.2 Å². The molecule has 0 saturated carbocycles. The average molecular weight is 208 g/mol. The Morgan fingerprint density at radius 1 is 1.20 bits per heavy atom. The Balaban J connectivity index is 2.60. The minimum Gasteiger partial charge on any atom is -0.449 e. The van der Waals surface area contributed by atoms with Crippen LogP contribution in [0.25, 0.3) is 0 Å². The number of ether oxygens (including phenoxy) is 2. The molecule has 0 aromatic heterocycles. The largest absolute Gasteiger partial charge is 0.449 e. The van der Waals surface area contributed by atoms with Crippen molar-refractivity contribution < 1.29 is 19.1 Å². The lowest BCUT2D eigenvalue weighted by Crippen LogP contribution is -2.13. The second-order valence-corrected chi connectivity index (χ2v) is 3.08. The summed E-state index contributed by atoms with van der Waals surface area (Å²) in [7, 11) is 0. The monoisotopic (exact) mass is 208 g/mol. The smallest absolute Gasteiger partial charge is 0.304 e. The van der Waals surface area contributed by atoms with Crippen molar-refractivity contribution >= 4 is 11.9 Å². The summed E-state index contributed by atoms with van der Waals surface area (Å²) < 4.78 is 9.80. The molecule has 4 heteroatoms. The zero-order valence-electron chi connectivity index (χ0n) is 8.65. The summed E-state index contributed by atoms with van der Waals surface area (Å²) in [5.41, 5.74) is 0. The predicted molar refractivity (Wildman–Crippen MR) is 52.6 cm³/mol. The molecule has 0 unspecified atom stereocenters. The summed E-state index contributed by atoms with van der Waals surface area (Å²) in [5, 5.41) is 0. The lowest BCUT2D eigenvalue weighted by molar-refractivity contribution is -0.144. The highest BCUT2D eigenvalue weighted by molar-refractivity contribution is 5.67. The van der Waals surface area contributed by atoms with Crippen LogP contribution in [0.5, 0.6) is 0 Å². The first-order chi connectivity index (χ1) is 7.08. The van der Waals surface area contributed by atoms with Gasteiger partial charge in [0.25, 0.3) is 0 Å². The van der Waals surface area contributed by atoms with Crippen LogP contribution in [-0.4, -0.2) is 24.1 Å². The zero-order valence-corrected chi connectivity index (χ0v) is 8.65. The van der Waals surface area contributed by atoms with Gasteiger partial charge in [-0.05, 0) is 6.08 Å². The van der Waals surface area contributed by atoms with Crippen LogP contribution in [0.4, 0.5) is 0 Å². The minimum atomic E-state index is -0.539. The summed E-state index contributed by atoms with van der Waals surface area (Å²) in [6, 6.07) is 0. The Bertz CT molecular complexity index is 345. The molecule has 0 spiro atoms. The number of hydrogen-bond donors (Lipinski definition) is 0. The molecule has 0 heterocycles. The maximum Gasteiger partial charge on any atom is 0.304 e. The molecule has 0 aromatic carbocycles.